The quantitative estimate of drug-likeness (QED) is 0.928. The summed E-state index contributed by atoms with van der Waals surface area (Å²) in [7, 11) is 0. The summed E-state index contributed by atoms with van der Waals surface area (Å²) in [4.78, 5) is 14.2. The first-order valence-corrected chi connectivity index (χ1v) is 7.26. The number of hydrogen-bond donors (Lipinski definition) is 1. The standard InChI is InChI=1S/C16H24N2O.ClH/c1-3-10-18(16(19)12(2)17)15-9-8-13-6-4-5-7-14(13)11-15;/h4-7,12,15H,3,8-11,17H2,1-2H3;1H/t12-,15?;/m0./s1. The highest BCUT2D eigenvalue weighted by Gasteiger charge is 2.28. The zero-order valence-electron chi connectivity index (χ0n) is 12.3. The molecule has 0 spiro atoms. The van der Waals surface area contributed by atoms with E-state index in [0.717, 1.165) is 32.2 Å². The van der Waals surface area contributed by atoms with E-state index in [1.54, 1.807) is 6.92 Å². The van der Waals surface area contributed by atoms with Gasteiger partial charge in [0.25, 0.3) is 0 Å². The van der Waals surface area contributed by atoms with Crippen LogP contribution in [0.15, 0.2) is 24.3 Å². The van der Waals surface area contributed by atoms with Gasteiger partial charge in [-0.05, 0) is 43.7 Å². The third-order valence-corrected chi connectivity index (χ3v) is 3.90. The molecular weight excluding hydrogens is 272 g/mol. The van der Waals surface area contributed by atoms with Gasteiger partial charge in [0.2, 0.25) is 5.91 Å². The third-order valence-electron chi connectivity index (χ3n) is 3.90. The van der Waals surface area contributed by atoms with Crippen LogP contribution in [0, 0.1) is 0 Å². The maximum atomic E-state index is 12.2. The van der Waals surface area contributed by atoms with Crippen molar-refractivity contribution in [2.45, 2.75) is 51.6 Å². The van der Waals surface area contributed by atoms with Crippen molar-refractivity contribution in [1.29, 1.82) is 0 Å². The van der Waals surface area contributed by atoms with Crippen molar-refractivity contribution in [2.24, 2.45) is 5.73 Å². The van der Waals surface area contributed by atoms with Crippen molar-refractivity contribution < 1.29 is 4.79 Å². The van der Waals surface area contributed by atoms with Gasteiger partial charge in [0.05, 0.1) is 6.04 Å². The van der Waals surface area contributed by atoms with Crippen molar-refractivity contribution in [2.75, 3.05) is 6.54 Å². The van der Waals surface area contributed by atoms with Crippen LogP contribution in [0.3, 0.4) is 0 Å². The Bertz CT molecular complexity index is 448. The molecule has 1 aromatic rings. The van der Waals surface area contributed by atoms with Gasteiger partial charge < -0.3 is 10.6 Å². The molecule has 20 heavy (non-hydrogen) atoms. The normalized spacial score (nSPS) is 18.6. The van der Waals surface area contributed by atoms with Gasteiger partial charge in [-0.3, -0.25) is 4.79 Å². The first-order chi connectivity index (χ1) is 9.13. The van der Waals surface area contributed by atoms with Crippen molar-refractivity contribution in [3.63, 3.8) is 0 Å². The molecule has 0 bridgehead atoms. The molecule has 1 unspecified atom stereocenters. The van der Waals surface area contributed by atoms with Gasteiger partial charge in [-0.25, -0.2) is 0 Å². The molecule has 0 heterocycles. The van der Waals surface area contributed by atoms with E-state index >= 15 is 0 Å². The van der Waals surface area contributed by atoms with E-state index < -0.39 is 6.04 Å². The summed E-state index contributed by atoms with van der Waals surface area (Å²) in [6.07, 6.45) is 4.06. The van der Waals surface area contributed by atoms with Crippen LogP contribution < -0.4 is 5.73 Å². The highest BCUT2D eigenvalue weighted by atomic mass is 35.5. The Hall–Kier alpha value is -1.06. The molecule has 2 N–H and O–H groups in total. The molecule has 0 aliphatic heterocycles. The van der Waals surface area contributed by atoms with Crippen LogP contribution in [0.1, 0.15) is 37.8 Å². The van der Waals surface area contributed by atoms with Crippen LogP contribution in [0.25, 0.3) is 0 Å². The maximum absolute atomic E-state index is 12.2. The fourth-order valence-corrected chi connectivity index (χ4v) is 2.92. The summed E-state index contributed by atoms with van der Waals surface area (Å²) in [6.45, 7) is 4.70. The Morgan fingerprint density at radius 2 is 2.05 bits per heavy atom. The molecule has 0 radical (unpaired) electrons. The third kappa shape index (κ3) is 3.74. The zero-order chi connectivity index (χ0) is 13.8. The second kappa shape index (κ2) is 7.65. The van der Waals surface area contributed by atoms with E-state index in [9.17, 15) is 4.79 Å². The molecule has 1 amide bonds. The molecule has 0 fully saturated rings. The Kier molecular flexibility index (Phi) is 6.50. The first-order valence-electron chi connectivity index (χ1n) is 7.26. The van der Waals surface area contributed by atoms with Gasteiger partial charge in [-0.1, -0.05) is 31.2 Å². The summed E-state index contributed by atoms with van der Waals surface area (Å²) >= 11 is 0. The lowest BCUT2D eigenvalue weighted by Gasteiger charge is -2.36. The minimum Gasteiger partial charge on any atom is -0.338 e. The molecule has 112 valence electrons. The van der Waals surface area contributed by atoms with E-state index in [2.05, 4.69) is 31.2 Å². The van der Waals surface area contributed by atoms with E-state index in [4.69, 9.17) is 5.73 Å². The molecule has 2 rings (SSSR count). The molecule has 0 saturated heterocycles. The first kappa shape index (κ1) is 17.0. The van der Waals surface area contributed by atoms with Gasteiger partial charge in [0.15, 0.2) is 0 Å². The van der Waals surface area contributed by atoms with Crippen LogP contribution >= 0.6 is 12.4 Å². The predicted molar refractivity (Wildman–Crippen MR) is 85.2 cm³/mol. The lowest BCUT2D eigenvalue weighted by atomic mass is 9.87. The molecule has 4 heteroatoms. The van der Waals surface area contributed by atoms with Crippen LogP contribution in [0.4, 0.5) is 0 Å². The predicted octanol–water partition coefficient (Wildman–Crippen LogP) is 2.55. The van der Waals surface area contributed by atoms with E-state index in [1.165, 1.54) is 11.1 Å². The minimum atomic E-state index is -0.399. The molecule has 1 aromatic carbocycles. The number of fused-ring (bicyclic) bond motifs is 1. The average Bonchev–Trinajstić information content (AvgIpc) is 2.43. The Morgan fingerprint density at radius 1 is 1.40 bits per heavy atom. The second-order valence-electron chi connectivity index (χ2n) is 5.49. The van der Waals surface area contributed by atoms with Gasteiger partial charge in [-0.2, -0.15) is 0 Å². The molecule has 0 saturated carbocycles. The average molecular weight is 297 g/mol. The maximum Gasteiger partial charge on any atom is 0.239 e. The lowest BCUT2D eigenvalue weighted by Crippen LogP contribution is -2.49. The summed E-state index contributed by atoms with van der Waals surface area (Å²) in [5.41, 5.74) is 8.60. The minimum absolute atomic E-state index is 0. The molecule has 1 aliphatic carbocycles. The summed E-state index contributed by atoms with van der Waals surface area (Å²) in [5, 5.41) is 0. The smallest absolute Gasteiger partial charge is 0.239 e. The second-order valence-corrected chi connectivity index (χ2v) is 5.49. The van der Waals surface area contributed by atoms with Crippen LogP contribution in [0.5, 0.6) is 0 Å². The SMILES string of the molecule is CCCN(C(=O)[C@H](C)N)C1CCc2ccccc2C1.Cl. The number of nitrogens with two attached hydrogens (primary N) is 1. The largest absolute Gasteiger partial charge is 0.338 e. The van der Waals surface area contributed by atoms with Gasteiger partial charge in [0.1, 0.15) is 0 Å². The monoisotopic (exact) mass is 296 g/mol. The van der Waals surface area contributed by atoms with Crippen LogP contribution in [0.2, 0.25) is 0 Å². The fourth-order valence-electron chi connectivity index (χ4n) is 2.92. The number of carbonyl (C=O) groups is 1. The highest BCUT2D eigenvalue weighted by Crippen LogP contribution is 2.25. The number of hydrogen-bond acceptors (Lipinski definition) is 2. The summed E-state index contributed by atoms with van der Waals surface area (Å²) in [5.74, 6) is 0.0891. The number of amides is 1. The zero-order valence-corrected chi connectivity index (χ0v) is 13.2. The van der Waals surface area contributed by atoms with Gasteiger partial charge in [0, 0.05) is 12.6 Å². The van der Waals surface area contributed by atoms with Crippen molar-refractivity contribution in [1.82, 2.24) is 4.90 Å². The van der Waals surface area contributed by atoms with Crippen molar-refractivity contribution in [3.8, 4) is 0 Å². The number of halogens is 1. The number of nitrogens with zero attached hydrogens (tertiary/aromatic N) is 1. The lowest BCUT2D eigenvalue weighted by molar-refractivity contribution is -0.134. The molecule has 2 atom stereocenters. The van der Waals surface area contributed by atoms with E-state index in [-0.39, 0.29) is 18.3 Å². The Morgan fingerprint density at radius 3 is 2.65 bits per heavy atom. The van der Waals surface area contributed by atoms with Gasteiger partial charge >= 0.3 is 0 Å². The van der Waals surface area contributed by atoms with E-state index in [0.29, 0.717) is 6.04 Å². The Labute approximate surface area is 127 Å². The summed E-state index contributed by atoms with van der Waals surface area (Å²) < 4.78 is 0. The highest BCUT2D eigenvalue weighted by molar-refractivity contribution is 5.85. The molecule has 3 nitrogen and oxygen atoms in total. The molecular formula is C16H25ClN2O. The van der Waals surface area contributed by atoms with Crippen molar-refractivity contribution in [3.05, 3.63) is 35.4 Å². The summed E-state index contributed by atoms with van der Waals surface area (Å²) in [6, 6.07) is 8.47. The number of carbonyl (C=O) groups excluding carboxylic acids is 1. The molecule has 1 aliphatic rings. The Balaban J connectivity index is 0.00000200. The molecule has 0 aromatic heterocycles. The van der Waals surface area contributed by atoms with Gasteiger partial charge in [-0.15, -0.1) is 12.4 Å². The van der Waals surface area contributed by atoms with Crippen LogP contribution in [-0.4, -0.2) is 29.4 Å². The van der Waals surface area contributed by atoms with Crippen molar-refractivity contribution >= 4 is 18.3 Å². The van der Waals surface area contributed by atoms with E-state index in [1.807, 2.05) is 4.90 Å². The number of aryl methyl sites for hydroxylation is 1. The number of rotatable bonds is 4. The topological polar surface area (TPSA) is 46.3 Å². The fraction of sp³-hybridized carbons (Fsp3) is 0.562. The van der Waals surface area contributed by atoms with Crippen LogP contribution in [-0.2, 0) is 17.6 Å². The number of benzene rings is 1.